The molecule has 0 spiro atoms. The molecule has 1 aromatic heterocycles. The quantitative estimate of drug-likeness (QED) is 0.149. The zero-order valence-corrected chi connectivity index (χ0v) is 24.4. The molecule has 1 saturated heterocycles. The van der Waals surface area contributed by atoms with Gasteiger partial charge in [0.15, 0.2) is 5.67 Å². The Morgan fingerprint density at radius 2 is 1.86 bits per heavy atom. The van der Waals surface area contributed by atoms with Crippen molar-refractivity contribution in [2.75, 3.05) is 33.4 Å². The fraction of sp³-hybridized carbons (Fsp3) is 0.333. The summed E-state index contributed by atoms with van der Waals surface area (Å²) in [4.78, 5) is 28.2. The molecule has 0 saturated carbocycles. The van der Waals surface area contributed by atoms with Crippen molar-refractivity contribution in [2.45, 2.75) is 30.1 Å². The van der Waals surface area contributed by atoms with Crippen LogP contribution in [0.25, 0.3) is 11.1 Å². The minimum absolute atomic E-state index is 0.102. The molecule has 2 aromatic carbocycles. The number of nitrogen functional groups attached to an aromatic ring is 1. The Morgan fingerprint density at radius 3 is 2.55 bits per heavy atom. The van der Waals surface area contributed by atoms with Crippen molar-refractivity contribution in [3.63, 3.8) is 0 Å². The SMILES string of the molecule is COC[C@@]1(F)C[C@@H](C(=O)N[C@H](CO)c2cc(C(=N)N)cs2)N(C(=N)CNC(=O)c2ccc3c(c2)-c2ccccc2C3(F)F)C1. The van der Waals surface area contributed by atoms with Gasteiger partial charge in [-0.25, -0.2) is 4.39 Å². The van der Waals surface area contributed by atoms with Crippen LogP contribution in [0.15, 0.2) is 53.9 Å². The average Bonchev–Trinajstić information content (AvgIpc) is 3.69. The number of rotatable bonds is 10. The molecule has 0 bridgehead atoms. The Kier molecular flexibility index (Phi) is 8.51. The fourth-order valence-corrected chi connectivity index (χ4v) is 6.61. The Morgan fingerprint density at radius 1 is 1.14 bits per heavy atom. The monoisotopic (exact) mass is 628 g/mol. The van der Waals surface area contributed by atoms with Crippen molar-refractivity contribution >= 4 is 34.8 Å². The number of ether oxygens (including phenoxy) is 1. The number of aliphatic hydroxyl groups excluding tert-OH is 1. The third-order valence-electron chi connectivity index (χ3n) is 7.81. The van der Waals surface area contributed by atoms with Crippen LogP contribution in [0.4, 0.5) is 13.2 Å². The summed E-state index contributed by atoms with van der Waals surface area (Å²) in [5.74, 6) is -4.89. The minimum Gasteiger partial charge on any atom is -0.394 e. The first-order valence-electron chi connectivity index (χ1n) is 13.6. The van der Waals surface area contributed by atoms with E-state index in [4.69, 9.17) is 21.3 Å². The van der Waals surface area contributed by atoms with Crippen molar-refractivity contribution in [2.24, 2.45) is 5.73 Å². The number of fused-ring (bicyclic) bond motifs is 3. The number of hydrogen-bond donors (Lipinski definition) is 6. The maximum Gasteiger partial charge on any atom is 0.299 e. The van der Waals surface area contributed by atoms with Crippen molar-refractivity contribution in [3.05, 3.63) is 81.0 Å². The second-order valence-electron chi connectivity index (χ2n) is 10.8. The topological polar surface area (TPSA) is 165 Å². The Labute approximate surface area is 255 Å². The number of carbonyl (C=O) groups is 2. The van der Waals surface area contributed by atoms with Gasteiger partial charge < -0.3 is 31.1 Å². The second-order valence-corrected chi connectivity index (χ2v) is 11.8. The summed E-state index contributed by atoms with van der Waals surface area (Å²) in [6.45, 7) is -1.52. The number of amidine groups is 2. The average molecular weight is 629 g/mol. The number of likely N-dealkylation sites (tertiary alicyclic amines) is 1. The molecule has 2 amide bonds. The van der Waals surface area contributed by atoms with Crippen molar-refractivity contribution in [1.82, 2.24) is 15.5 Å². The van der Waals surface area contributed by atoms with E-state index >= 15 is 4.39 Å². The predicted octanol–water partition coefficient (Wildman–Crippen LogP) is 3.14. The summed E-state index contributed by atoms with van der Waals surface area (Å²) in [7, 11) is 1.32. The summed E-state index contributed by atoms with van der Waals surface area (Å²) in [5.41, 5.74) is 4.32. The van der Waals surface area contributed by atoms with Gasteiger partial charge in [0.05, 0.1) is 32.3 Å². The molecule has 44 heavy (non-hydrogen) atoms. The van der Waals surface area contributed by atoms with E-state index in [9.17, 15) is 23.5 Å². The van der Waals surface area contributed by atoms with E-state index in [-0.39, 0.29) is 60.0 Å². The molecule has 5 rings (SSSR count). The van der Waals surface area contributed by atoms with Crippen molar-refractivity contribution in [1.29, 1.82) is 10.8 Å². The summed E-state index contributed by atoms with van der Waals surface area (Å²) < 4.78 is 50.5. The molecule has 2 aliphatic rings. The van der Waals surface area contributed by atoms with Gasteiger partial charge in [0, 0.05) is 46.0 Å². The van der Waals surface area contributed by atoms with Crippen molar-refractivity contribution in [3.8, 4) is 11.1 Å². The van der Waals surface area contributed by atoms with Gasteiger partial charge in [-0.3, -0.25) is 20.4 Å². The van der Waals surface area contributed by atoms with Gasteiger partial charge in [0.1, 0.15) is 17.7 Å². The summed E-state index contributed by atoms with van der Waals surface area (Å²) in [6.07, 6.45) is -0.303. The molecule has 3 atom stereocenters. The number of benzene rings is 2. The Balaban J connectivity index is 1.29. The number of halogens is 3. The molecule has 1 aliphatic heterocycles. The number of thiophene rings is 1. The molecule has 232 valence electrons. The third-order valence-corrected chi connectivity index (χ3v) is 8.85. The van der Waals surface area contributed by atoms with Gasteiger partial charge in [-0.15, -0.1) is 11.3 Å². The number of methoxy groups -OCH3 is 1. The van der Waals surface area contributed by atoms with Gasteiger partial charge in [0.25, 0.3) is 11.8 Å². The normalized spacial score (nSPS) is 20.5. The zero-order valence-electron chi connectivity index (χ0n) is 23.6. The van der Waals surface area contributed by atoms with Gasteiger partial charge in [-0.1, -0.05) is 30.3 Å². The number of aliphatic hydroxyl groups is 1. The molecule has 10 nitrogen and oxygen atoms in total. The Bertz CT molecular complexity index is 1630. The van der Waals surface area contributed by atoms with Crippen LogP contribution < -0.4 is 16.4 Å². The van der Waals surface area contributed by atoms with Crippen LogP contribution in [0.3, 0.4) is 0 Å². The number of hydrogen-bond acceptors (Lipinski definition) is 7. The first-order chi connectivity index (χ1) is 20.9. The van der Waals surface area contributed by atoms with Gasteiger partial charge in [0.2, 0.25) is 5.91 Å². The first-order valence-corrected chi connectivity index (χ1v) is 14.5. The van der Waals surface area contributed by atoms with Crippen LogP contribution in [0, 0.1) is 10.8 Å². The lowest BCUT2D eigenvalue weighted by Crippen LogP contribution is -2.49. The summed E-state index contributed by atoms with van der Waals surface area (Å²) in [5, 5.41) is 33.0. The minimum atomic E-state index is -3.19. The fourth-order valence-electron chi connectivity index (χ4n) is 5.66. The lowest BCUT2D eigenvalue weighted by molar-refractivity contribution is -0.125. The highest BCUT2D eigenvalue weighted by Gasteiger charge is 2.49. The van der Waals surface area contributed by atoms with Crippen molar-refractivity contribution < 1.29 is 32.6 Å². The number of nitrogens with two attached hydrogens (primary N) is 1. The smallest absolute Gasteiger partial charge is 0.299 e. The Hall–Kier alpha value is -4.27. The van der Waals surface area contributed by atoms with Crippen LogP contribution >= 0.6 is 11.3 Å². The number of carbonyl (C=O) groups excluding carboxylic acids is 2. The van der Waals surface area contributed by atoms with Crippen LogP contribution in [-0.2, 0) is 15.5 Å². The third kappa shape index (κ3) is 5.79. The maximum atomic E-state index is 15.7. The second kappa shape index (κ2) is 12.0. The van der Waals surface area contributed by atoms with Crippen LogP contribution in [-0.4, -0.2) is 78.6 Å². The lowest BCUT2D eigenvalue weighted by Gasteiger charge is -2.27. The standard InChI is InChI=1S/C30H31F3N6O4S/c1-43-15-29(31)10-23(28(42)38-22(12-40)24-9-17(13-44-24)26(35)36)39(14-29)25(34)11-37-27(41)16-6-7-21-19(8-16)18-4-2-3-5-20(18)30(21,32)33/h2-9,13,22-23,34,40H,10-12,14-15H2,1H3,(H3,35,36)(H,37,41)(H,38,42)/t22-,23+,29-/m1/s1. The predicted molar refractivity (Wildman–Crippen MR) is 159 cm³/mol. The molecule has 0 unspecified atom stereocenters. The van der Waals surface area contributed by atoms with Gasteiger partial charge in [-0.05, 0) is 29.3 Å². The first kappa shape index (κ1) is 31.2. The van der Waals surface area contributed by atoms with Crippen LogP contribution in [0.1, 0.15) is 44.4 Å². The van der Waals surface area contributed by atoms with Gasteiger partial charge in [-0.2, -0.15) is 8.78 Å². The molecule has 7 N–H and O–H groups in total. The van der Waals surface area contributed by atoms with E-state index < -0.39 is 42.1 Å². The maximum absolute atomic E-state index is 15.7. The highest BCUT2D eigenvalue weighted by atomic mass is 32.1. The number of nitrogens with one attached hydrogen (secondary N) is 4. The zero-order chi connectivity index (χ0) is 31.8. The highest BCUT2D eigenvalue weighted by Crippen LogP contribution is 2.50. The molecule has 2 heterocycles. The van der Waals surface area contributed by atoms with Gasteiger partial charge >= 0.3 is 0 Å². The molecular weight excluding hydrogens is 597 g/mol. The summed E-state index contributed by atoms with van der Waals surface area (Å²) >= 11 is 1.19. The van der Waals surface area contributed by atoms with E-state index in [2.05, 4.69) is 10.6 Å². The molecular formula is C30H31F3N6O4S. The molecule has 3 aromatic rings. The van der Waals surface area contributed by atoms with Crippen LogP contribution in [0.2, 0.25) is 0 Å². The van der Waals surface area contributed by atoms with E-state index in [0.29, 0.717) is 16.0 Å². The van der Waals surface area contributed by atoms with E-state index in [1.165, 1.54) is 53.7 Å². The largest absolute Gasteiger partial charge is 0.394 e. The number of nitrogens with zero attached hydrogens (tertiary/aromatic N) is 1. The van der Waals surface area contributed by atoms with E-state index in [1.54, 1.807) is 23.6 Å². The highest BCUT2D eigenvalue weighted by molar-refractivity contribution is 7.10. The number of alkyl halides is 3. The molecule has 0 radical (unpaired) electrons. The molecule has 1 fully saturated rings. The molecule has 14 heteroatoms. The molecule has 1 aliphatic carbocycles. The van der Waals surface area contributed by atoms with E-state index in [1.807, 2.05) is 0 Å². The van der Waals surface area contributed by atoms with Crippen LogP contribution in [0.5, 0.6) is 0 Å². The lowest BCUT2D eigenvalue weighted by atomic mass is 10.0. The van der Waals surface area contributed by atoms with E-state index in [0.717, 1.165) is 0 Å². The number of amides is 2. The summed E-state index contributed by atoms with van der Waals surface area (Å²) in [6, 6.07) is 9.51.